The Morgan fingerprint density at radius 2 is 1.44 bits per heavy atom. The molecule has 0 unspecified atom stereocenters. The first-order chi connectivity index (χ1) is 8.47. The molecule has 2 aromatic rings. The van der Waals surface area contributed by atoms with Crippen LogP contribution in [0.3, 0.4) is 0 Å². The van der Waals surface area contributed by atoms with Gasteiger partial charge in [-0.15, -0.1) is 0 Å². The quantitative estimate of drug-likeness (QED) is 0.837. The van der Waals surface area contributed by atoms with Gasteiger partial charge < -0.3 is 0 Å². The van der Waals surface area contributed by atoms with Crippen molar-refractivity contribution in [2.75, 3.05) is 0 Å². The Morgan fingerprint density at radius 3 is 2.00 bits per heavy atom. The lowest BCUT2D eigenvalue weighted by Crippen LogP contribution is -2.14. The van der Waals surface area contributed by atoms with E-state index in [0.717, 1.165) is 11.1 Å². The summed E-state index contributed by atoms with van der Waals surface area (Å²) in [5.41, 5.74) is 2.05. The van der Waals surface area contributed by atoms with Gasteiger partial charge >= 0.3 is 7.94 Å². The summed E-state index contributed by atoms with van der Waals surface area (Å²) in [5, 5.41) is 0.407. The Morgan fingerprint density at radius 1 is 0.889 bits per heavy atom. The van der Waals surface area contributed by atoms with E-state index in [2.05, 4.69) is 0 Å². The zero-order chi connectivity index (χ0) is 13.2. The molecule has 0 saturated carbocycles. The molecular formula is C14H16O3P+. The van der Waals surface area contributed by atoms with Crippen molar-refractivity contribution in [3.8, 4) is 5.75 Å². The van der Waals surface area contributed by atoms with Crippen LogP contribution < -0.4 is 9.83 Å². The molecule has 0 aliphatic carbocycles. The minimum absolute atomic E-state index is 0.407. The molecule has 0 fully saturated rings. The molecule has 0 radical (unpaired) electrons. The van der Waals surface area contributed by atoms with Gasteiger partial charge in [-0.3, -0.25) is 4.52 Å². The van der Waals surface area contributed by atoms with E-state index >= 15 is 0 Å². The van der Waals surface area contributed by atoms with Crippen LogP contribution in [0, 0.1) is 13.8 Å². The normalized spacial score (nSPS) is 11.3. The van der Waals surface area contributed by atoms with E-state index in [4.69, 9.17) is 4.52 Å². The van der Waals surface area contributed by atoms with E-state index in [0.29, 0.717) is 11.1 Å². The van der Waals surface area contributed by atoms with E-state index in [-0.39, 0.29) is 0 Å². The second kappa shape index (κ2) is 5.07. The maximum absolute atomic E-state index is 10.1. The third kappa shape index (κ3) is 3.08. The van der Waals surface area contributed by atoms with Gasteiger partial charge in [-0.1, -0.05) is 24.3 Å². The minimum Gasteiger partial charge on any atom is -0.281 e. The lowest BCUT2D eigenvalue weighted by Gasteiger charge is -2.12. The summed E-state index contributed by atoms with van der Waals surface area (Å²) in [4.78, 5) is 20.1. The van der Waals surface area contributed by atoms with E-state index in [1.165, 1.54) is 0 Å². The highest BCUT2D eigenvalue weighted by atomic mass is 31.2. The number of hydrogen-bond donors (Lipinski definition) is 2. The molecule has 2 N–H and O–H groups in total. The number of rotatable bonds is 3. The van der Waals surface area contributed by atoms with Crippen LogP contribution in [-0.2, 0) is 0 Å². The summed E-state index contributed by atoms with van der Waals surface area (Å²) in [6.45, 7) is 3.88. The Hall–Kier alpha value is -1.41. The Balaban J connectivity index is 2.27. The van der Waals surface area contributed by atoms with Gasteiger partial charge in [0.2, 0.25) is 0 Å². The van der Waals surface area contributed by atoms with E-state index in [9.17, 15) is 9.79 Å². The van der Waals surface area contributed by atoms with E-state index in [1.807, 2.05) is 26.0 Å². The molecule has 0 amide bonds. The minimum atomic E-state index is -3.56. The molecule has 0 bridgehead atoms. The lowest BCUT2D eigenvalue weighted by atomic mass is 10.1. The summed E-state index contributed by atoms with van der Waals surface area (Å²) in [6, 6.07) is 14.2. The predicted molar refractivity (Wildman–Crippen MR) is 74.0 cm³/mol. The average molecular weight is 263 g/mol. The SMILES string of the molecule is Cc1cc(C)cc(O[P+](O)(O)c2ccccc2)c1. The highest BCUT2D eigenvalue weighted by Crippen LogP contribution is 2.49. The van der Waals surface area contributed by atoms with Crippen molar-refractivity contribution < 1.29 is 14.3 Å². The van der Waals surface area contributed by atoms with Gasteiger partial charge in [-0.25, -0.2) is 0 Å². The van der Waals surface area contributed by atoms with Gasteiger partial charge in [-0.05, 0) is 49.2 Å². The van der Waals surface area contributed by atoms with Crippen LogP contribution in [0.4, 0.5) is 0 Å². The van der Waals surface area contributed by atoms with Crippen LogP contribution in [0.5, 0.6) is 5.75 Å². The van der Waals surface area contributed by atoms with Crippen LogP contribution in [-0.4, -0.2) is 9.79 Å². The number of benzene rings is 2. The molecule has 4 heteroatoms. The van der Waals surface area contributed by atoms with Gasteiger partial charge in [-0.2, -0.15) is 9.79 Å². The zero-order valence-corrected chi connectivity index (χ0v) is 11.3. The topological polar surface area (TPSA) is 49.7 Å². The smallest absolute Gasteiger partial charge is 0.281 e. The van der Waals surface area contributed by atoms with Gasteiger partial charge in [0.15, 0.2) is 11.1 Å². The average Bonchev–Trinajstić information content (AvgIpc) is 2.28. The first-order valence-corrected chi connectivity index (χ1v) is 7.27. The maximum Gasteiger partial charge on any atom is 0.487 e. The molecule has 0 aliphatic heterocycles. The van der Waals surface area contributed by atoms with Crippen LogP contribution in [0.25, 0.3) is 0 Å². The summed E-state index contributed by atoms with van der Waals surface area (Å²) < 4.78 is 5.37. The van der Waals surface area contributed by atoms with Crippen molar-refractivity contribution in [2.45, 2.75) is 13.8 Å². The van der Waals surface area contributed by atoms with Crippen molar-refractivity contribution >= 4 is 13.2 Å². The van der Waals surface area contributed by atoms with Crippen LogP contribution in [0.2, 0.25) is 0 Å². The molecule has 0 heterocycles. The molecule has 0 atom stereocenters. The molecule has 2 aromatic carbocycles. The molecule has 3 nitrogen and oxygen atoms in total. The first kappa shape index (κ1) is 13.0. The molecule has 0 aromatic heterocycles. The molecule has 18 heavy (non-hydrogen) atoms. The van der Waals surface area contributed by atoms with Crippen molar-refractivity contribution in [3.63, 3.8) is 0 Å². The van der Waals surface area contributed by atoms with Gasteiger partial charge in [0.1, 0.15) is 0 Å². The fourth-order valence-electron chi connectivity index (χ4n) is 1.81. The zero-order valence-electron chi connectivity index (χ0n) is 10.4. The van der Waals surface area contributed by atoms with Crippen molar-refractivity contribution in [3.05, 3.63) is 59.7 Å². The number of aryl methyl sites for hydroxylation is 2. The molecule has 0 spiro atoms. The first-order valence-electron chi connectivity index (χ1n) is 5.65. The summed E-state index contributed by atoms with van der Waals surface area (Å²) in [7, 11) is -3.56. The predicted octanol–water partition coefficient (Wildman–Crippen LogP) is 2.75. The summed E-state index contributed by atoms with van der Waals surface area (Å²) in [5.74, 6) is 0.481. The second-order valence-electron chi connectivity index (χ2n) is 4.29. The summed E-state index contributed by atoms with van der Waals surface area (Å²) in [6.07, 6.45) is 0. The molecule has 2 rings (SSSR count). The third-order valence-electron chi connectivity index (χ3n) is 2.52. The lowest BCUT2D eigenvalue weighted by molar-refractivity contribution is 0.354. The fraction of sp³-hybridized carbons (Fsp3) is 0.143. The van der Waals surface area contributed by atoms with Crippen LogP contribution in [0.1, 0.15) is 11.1 Å². The molecule has 94 valence electrons. The Kier molecular flexibility index (Phi) is 3.67. The maximum atomic E-state index is 10.1. The van der Waals surface area contributed by atoms with Crippen molar-refractivity contribution in [2.24, 2.45) is 0 Å². The molecule has 0 saturated heterocycles. The third-order valence-corrected chi connectivity index (χ3v) is 3.96. The standard InChI is InChI=1S/C14H16O3P/c1-11-8-12(2)10-13(9-11)17-18(15,16)14-6-4-3-5-7-14/h3-10,15-16H,1-2H3/q+1. The largest absolute Gasteiger partial charge is 0.487 e. The molecular weight excluding hydrogens is 247 g/mol. The highest BCUT2D eigenvalue weighted by Gasteiger charge is 2.40. The van der Waals surface area contributed by atoms with Crippen LogP contribution in [0.15, 0.2) is 48.5 Å². The number of hydrogen-bond acceptors (Lipinski definition) is 3. The van der Waals surface area contributed by atoms with Crippen LogP contribution >= 0.6 is 7.94 Å². The second-order valence-corrected chi connectivity index (χ2v) is 6.08. The Bertz CT molecular complexity index is 518. The van der Waals surface area contributed by atoms with Crippen molar-refractivity contribution in [1.82, 2.24) is 0 Å². The van der Waals surface area contributed by atoms with E-state index < -0.39 is 7.94 Å². The van der Waals surface area contributed by atoms with Gasteiger partial charge in [0.25, 0.3) is 0 Å². The van der Waals surface area contributed by atoms with E-state index in [1.54, 1.807) is 36.4 Å². The monoisotopic (exact) mass is 263 g/mol. The summed E-state index contributed by atoms with van der Waals surface area (Å²) >= 11 is 0. The van der Waals surface area contributed by atoms with Gasteiger partial charge in [0.05, 0.1) is 0 Å². The fourth-order valence-corrected chi connectivity index (χ4v) is 2.87. The highest BCUT2D eigenvalue weighted by molar-refractivity contribution is 7.68. The van der Waals surface area contributed by atoms with Gasteiger partial charge in [0, 0.05) is 0 Å². The van der Waals surface area contributed by atoms with Crippen molar-refractivity contribution in [1.29, 1.82) is 0 Å². The molecule has 0 aliphatic rings. The Labute approximate surface area is 107 Å².